The number of piperidine rings is 1. The molecule has 3 nitrogen and oxygen atoms in total. The van der Waals surface area contributed by atoms with Crippen molar-refractivity contribution in [3.8, 4) is 6.07 Å². The van der Waals surface area contributed by atoms with Crippen molar-refractivity contribution in [1.82, 2.24) is 10.3 Å². The van der Waals surface area contributed by atoms with Gasteiger partial charge in [-0.3, -0.25) is 0 Å². The summed E-state index contributed by atoms with van der Waals surface area (Å²) in [7, 11) is 0. The first-order chi connectivity index (χ1) is 6.42. The molecule has 2 heterocycles. The Morgan fingerprint density at radius 1 is 1.38 bits per heavy atom. The Balaban J connectivity index is 2.19. The van der Waals surface area contributed by atoms with E-state index in [9.17, 15) is 0 Å². The topological polar surface area (TPSA) is 51.6 Å². The van der Waals surface area contributed by atoms with E-state index >= 15 is 0 Å². The van der Waals surface area contributed by atoms with Crippen LogP contribution in [0.4, 0.5) is 0 Å². The number of hydrogen-bond acceptors (Lipinski definition) is 2. The third-order valence-corrected chi connectivity index (χ3v) is 2.58. The van der Waals surface area contributed by atoms with Crippen LogP contribution in [-0.2, 0) is 0 Å². The number of nitrogens with zero attached hydrogens (tertiary/aromatic N) is 1. The lowest BCUT2D eigenvalue weighted by Gasteiger charge is -2.22. The van der Waals surface area contributed by atoms with E-state index in [-0.39, 0.29) is 0 Å². The van der Waals surface area contributed by atoms with Crippen LogP contribution < -0.4 is 5.32 Å². The lowest BCUT2D eigenvalue weighted by molar-refractivity contribution is 0.412. The van der Waals surface area contributed by atoms with Gasteiger partial charge in [0.2, 0.25) is 0 Å². The summed E-state index contributed by atoms with van der Waals surface area (Å²) in [6.07, 6.45) is 7.36. The number of nitriles is 1. The molecule has 1 saturated heterocycles. The predicted octanol–water partition coefficient (Wildman–Crippen LogP) is 1.70. The molecule has 2 rings (SSSR count). The lowest BCUT2D eigenvalue weighted by atomic mass is 9.97. The van der Waals surface area contributed by atoms with Crippen molar-refractivity contribution in [2.45, 2.75) is 25.3 Å². The SMILES string of the molecule is N#Cc1c[nH]cc1[C@H]1CCCCN1. The van der Waals surface area contributed by atoms with Crippen LogP contribution in [0.2, 0.25) is 0 Å². The van der Waals surface area contributed by atoms with Crippen LogP contribution >= 0.6 is 0 Å². The highest BCUT2D eigenvalue weighted by molar-refractivity contribution is 5.37. The van der Waals surface area contributed by atoms with Crippen LogP contribution in [0.3, 0.4) is 0 Å². The van der Waals surface area contributed by atoms with Crippen molar-refractivity contribution in [2.75, 3.05) is 6.54 Å². The van der Waals surface area contributed by atoms with E-state index in [4.69, 9.17) is 5.26 Å². The highest BCUT2D eigenvalue weighted by Crippen LogP contribution is 2.24. The maximum absolute atomic E-state index is 8.84. The third-order valence-electron chi connectivity index (χ3n) is 2.58. The minimum absolute atomic E-state index is 0.384. The predicted molar refractivity (Wildman–Crippen MR) is 50.1 cm³/mol. The standard InChI is InChI=1S/C10H13N3/c11-5-8-6-12-7-9(8)10-3-1-2-4-13-10/h6-7,10,12-13H,1-4H2/t10-/m1/s1. The first-order valence-corrected chi connectivity index (χ1v) is 4.72. The maximum atomic E-state index is 8.84. The molecule has 0 spiro atoms. The van der Waals surface area contributed by atoms with Crippen molar-refractivity contribution >= 4 is 0 Å². The Hall–Kier alpha value is -1.27. The molecule has 1 aliphatic heterocycles. The molecule has 1 aromatic heterocycles. The van der Waals surface area contributed by atoms with E-state index in [0.717, 1.165) is 24.1 Å². The fourth-order valence-corrected chi connectivity index (χ4v) is 1.88. The molecular formula is C10H13N3. The van der Waals surface area contributed by atoms with Gasteiger partial charge in [0.05, 0.1) is 5.56 Å². The average molecular weight is 175 g/mol. The highest BCUT2D eigenvalue weighted by Gasteiger charge is 2.17. The van der Waals surface area contributed by atoms with E-state index in [1.54, 1.807) is 6.20 Å². The molecule has 0 radical (unpaired) electrons. The zero-order chi connectivity index (χ0) is 9.10. The maximum Gasteiger partial charge on any atom is 0.101 e. The molecule has 0 bridgehead atoms. The first kappa shape index (κ1) is 8.33. The van der Waals surface area contributed by atoms with Gasteiger partial charge in [0, 0.05) is 24.0 Å². The Morgan fingerprint density at radius 2 is 2.31 bits per heavy atom. The monoisotopic (exact) mass is 175 g/mol. The Labute approximate surface area is 77.8 Å². The van der Waals surface area contributed by atoms with Crippen molar-refractivity contribution in [1.29, 1.82) is 5.26 Å². The van der Waals surface area contributed by atoms with E-state index in [1.165, 1.54) is 12.8 Å². The van der Waals surface area contributed by atoms with Crippen LogP contribution in [0, 0.1) is 11.3 Å². The second kappa shape index (κ2) is 3.63. The molecule has 3 heteroatoms. The summed E-state index contributed by atoms with van der Waals surface area (Å²) in [5.74, 6) is 0. The third kappa shape index (κ3) is 1.58. The number of nitrogens with one attached hydrogen (secondary N) is 2. The van der Waals surface area contributed by atoms with Gasteiger partial charge in [0.15, 0.2) is 0 Å². The molecule has 1 aromatic rings. The average Bonchev–Trinajstić information content (AvgIpc) is 2.67. The van der Waals surface area contributed by atoms with E-state index in [0.29, 0.717) is 6.04 Å². The molecule has 0 unspecified atom stereocenters. The summed E-state index contributed by atoms with van der Waals surface area (Å²) in [4.78, 5) is 2.98. The minimum Gasteiger partial charge on any atom is -0.366 e. The van der Waals surface area contributed by atoms with Crippen LogP contribution in [0.25, 0.3) is 0 Å². The number of aromatic nitrogens is 1. The molecule has 1 fully saturated rings. The van der Waals surface area contributed by atoms with E-state index in [1.807, 2.05) is 6.20 Å². The number of aromatic amines is 1. The fraction of sp³-hybridized carbons (Fsp3) is 0.500. The normalized spacial score (nSPS) is 22.5. The molecule has 13 heavy (non-hydrogen) atoms. The summed E-state index contributed by atoms with van der Waals surface area (Å²) in [5.41, 5.74) is 1.90. The second-order valence-electron chi connectivity index (χ2n) is 3.44. The van der Waals surface area contributed by atoms with Gasteiger partial charge in [-0.1, -0.05) is 6.42 Å². The van der Waals surface area contributed by atoms with Crippen molar-refractivity contribution in [3.63, 3.8) is 0 Å². The molecule has 0 saturated carbocycles. The largest absolute Gasteiger partial charge is 0.366 e. The molecule has 2 N–H and O–H groups in total. The number of hydrogen-bond donors (Lipinski definition) is 2. The van der Waals surface area contributed by atoms with Crippen molar-refractivity contribution in [3.05, 3.63) is 23.5 Å². The van der Waals surface area contributed by atoms with Gasteiger partial charge in [-0.05, 0) is 19.4 Å². The Morgan fingerprint density at radius 3 is 3.00 bits per heavy atom. The Bertz CT molecular complexity index is 315. The fourth-order valence-electron chi connectivity index (χ4n) is 1.88. The smallest absolute Gasteiger partial charge is 0.101 e. The zero-order valence-corrected chi connectivity index (χ0v) is 7.51. The van der Waals surface area contributed by atoms with Crippen molar-refractivity contribution < 1.29 is 0 Å². The molecule has 0 amide bonds. The quantitative estimate of drug-likeness (QED) is 0.682. The molecule has 0 aromatic carbocycles. The summed E-state index contributed by atoms with van der Waals surface area (Å²) in [5, 5.41) is 12.3. The molecular weight excluding hydrogens is 162 g/mol. The number of rotatable bonds is 1. The summed E-state index contributed by atoms with van der Waals surface area (Å²) in [6.45, 7) is 1.07. The van der Waals surface area contributed by atoms with Crippen LogP contribution in [0.1, 0.15) is 36.4 Å². The van der Waals surface area contributed by atoms with E-state index < -0.39 is 0 Å². The van der Waals surface area contributed by atoms with Gasteiger partial charge >= 0.3 is 0 Å². The lowest BCUT2D eigenvalue weighted by Crippen LogP contribution is -2.26. The molecule has 1 aliphatic rings. The summed E-state index contributed by atoms with van der Waals surface area (Å²) >= 11 is 0. The van der Waals surface area contributed by atoms with Gasteiger partial charge in [-0.15, -0.1) is 0 Å². The molecule has 0 aliphatic carbocycles. The zero-order valence-electron chi connectivity index (χ0n) is 7.51. The number of H-pyrrole nitrogens is 1. The highest BCUT2D eigenvalue weighted by atomic mass is 14.9. The van der Waals surface area contributed by atoms with Crippen LogP contribution in [-0.4, -0.2) is 11.5 Å². The van der Waals surface area contributed by atoms with Gasteiger partial charge in [0.1, 0.15) is 6.07 Å². The minimum atomic E-state index is 0.384. The summed E-state index contributed by atoms with van der Waals surface area (Å²) < 4.78 is 0. The molecule has 68 valence electrons. The van der Waals surface area contributed by atoms with Gasteiger partial charge < -0.3 is 10.3 Å². The van der Waals surface area contributed by atoms with E-state index in [2.05, 4.69) is 16.4 Å². The first-order valence-electron chi connectivity index (χ1n) is 4.72. The Kier molecular flexibility index (Phi) is 2.33. The van der Waals surface area contributed by atoms with Gasteiger partial charge in [0.25, 0.3) is 0 Å². The van der Waals surface area contributed by atoms with Gasteiger partial charge in [-0.25, -0.2) is 0 Å². The summed E-state index contributed by atoms with van der Waals surface area (Å²) in [6, 6.07) is 2.59. The molecule has 1 atom stereocenters. The van der Waals surface area contributed by atoms with Gasteiger partial charge in [-0.2, -0.15) is 5.26 Å². The second-order valence-corrected chi connectivity index (χ2v) is 3.44. The van der Waals surface area contributed by atoms with Crippen LogP contribution in [0.5, 0.6) is 0 Å². The van der Waals surface area contributed by atoms with Crippen LogP contribution in [0.15, 0.2) is 12.4 Å². The van der Waals surface area contributed by atoms with Crippen molar-refractivity contribution in [2.24, 2.45) is 0 Å².